The van der Waals surface area contributed by atoms with Crippen LogP contribution in [-0.2, 0) is 19.9 Å². The second-order valence-corrected chi connectivity index (χ2v) is 5.88. The molecule has 0 aliphatic carbocycles. The molecular formula is C20H23NO4. The van der Waals surface area contributed by atoms with Gasteiger partial charge in [0.15, 0.2) is 0 Å². The molecule has 0 fully saturated rings. The number of amides is 1. The zero-order chi connectivity index (χ0) is 18.3. The molecule has 2 aromatic carbocycles. The highest BCUT2D eigenvalue weighted by molar-refractivity contribution is 5.73. The number of aliphatic hydroxyl groups is 1. The fourth-order valence-corrected chi connectivity index (χ4v) is 2.90. The maximum atomic E-state index is 11.7. The molecule has 0 unspecified atom stereocenters. The number of benzene rings is 2. The van der Waals surface area contributed by atoms with Crippen LogP contribution in [0.1, 0.15) is 31.4 Å². The summed E-state index contributed by atoms with van der Waals surface area (Å²) in [4.78, 5) is 22.8. The first-order valence-electron chi connectivity index (χ1n) is 8.18. The molecule has 0 aromatic heterocycles. The summed E-state index contributed by atoms with van der Waals surface area (Å²) in [6, 6.07) is 17.7. The van der Waals surface area contributed by atoms with Crippen LogP contribution < -0.4 is 5.32 Å². The van der Waals surface area contributed by atoms with Gasteiger partial charge in [-0.2, -0.15) is 0 Å². The number of esters is 1. The van der Waals surface area contributed by atoms with Gasteiger partial charge in [0.1, 0.15) is 5.60 Å². The van der Waals surface area contributed by atoms with Gasteiger partial charge in [0.25, 0.3) is 0 Å². The Hall–Kier alpha value is -2.66. The van der Waals surface area contributed by atoms with E-state index < -0.39 is 17.6 Å². The van der Waals surface area contributed by atoms with Gasteiger partial charge < -0.3 is 15.2 Å². The van der Waals surface area contributed by atoms with E-state index in [4.69, 9.17) is 4.74 Å². The molecule has 132 valence electrons. The Bertz CT molecular complexity index is 661. The minimum absolute atomic E-state index is 0.0995. The largest absolute Gasteiger partial charge is 0.466 e. The third-order valence-corrected chi connectivity index (χ3v) is 4.02. The van der Waals surface area contributed by atoms with Crippen molar-refractivity contribution in [2.24, 2.45) is 0 Å². The van der Waals surface area contributed by atoms with E-state index in [1.54, 1.807) is 0 Å². The number of rotatable bonds is 7. The quantitative estimate of drug-likeness (QED) is 0.758. The van der Waals surface area contributed by atoms with Crippen LogP contribution in [-0.4, -0.2) is 29.6 Å². The zero-order valence-corrected chi connectivity index (χ0v) is 14.4. The van der Waals surface area contributed by atoms with Crippen molar-refractivity contribution in [3.63, 3.8) is 0 Å². The van der Waals surface area contributed by atoms with Crippen molar-refractivity contribution in [2.75, 3.05) is 6.61 Å². The zero-order valence-electron chi connectivity index (χ0n) is 14.4. The molecule has 2 N–H and O–H groups in total. The summed E-state index contributed by atoms with van der Waals surface area (Å²) in [5.74, 6) is -0.664. The summed E-state index contributed by atoms with van der Waals surface area (Å²) in [5.41, 5.74) is -0.139. The van der Waals surface area contributed by atoms with Gasteiger partial charge in [-0.15, -0.1) is 0 Å². The molecule has 2 aromatic rings. The second-order valence-electron chi connectivity index (χ2n) is 5.88. The molecule has 0 spiro atoms. The van der Waals surface area contributed by atoms with Crippen LogP contribution in [0.3, 0.4) is 0 Å². The average Bonchev–Trinajstić information content (AvgIpc) is 2.61. The monoisotopic (exact) mass is 341 g/mol. The minimum Gasteiger partial charge on any atom is -0.466 e. The molecule has 0 saturated heterocycles. The van der Waals surface area contributed by atoms with Gasteiger partial charge in [-0.1, -0.05) is 60.7 Å². The van der Waals surface area contributed by atoms with Crippen LogP contribution in [0, 0.1) is 0 Å². The van der Waals surface area contributed by atoms with E-state index in [0.717, 1.165) is 0 Å². The van der Waals surface area contributed by atoms with Crippen LogP contribution in [0.5, 0.6) is 0 Å². The first-order chi connectivity index (χ1) is 11.9. The lowest BCUT2D eigenvalue weighted by Gasteiger charge is -2.37. The molecule has 5 nitrogen and oxygen atoms in total. The van der Waals surface area contributed by atoms with Crippen molar-refractivity contribution in [3.05, 3.63) is 71.8 Å². The van der Waals surface area contributed by atoms with Crippen molar-refractivity contribution in [1.29, 1.82) is 0 Å². The SMILES string of the molecule is CC(=O)N[C@@H](CCOC(C)=O)C(O)(c1ccccc1)c1ccccc1. The number of ether oxygens (including phenoxy) is 1. The van der Waals surface area contributed by atoms with E-state index >= 15 is 0 Å². The average molecular weight is 341 g/mol. The highest BCUT2D eigenvalue weighted by Crippen LogP contribution is 2.34. The Morgan fingerprint density at radius 3 is 1.88 bits per heavy atom. The molecule has 1 atom stereocenters. The Balaban J connectivity index is 2.46. The molecule has 25 heavy (non-hydrogen) atoms. The van der Waals surface area contributed by atoms with Gasteiger partial charge in [-0.25, -0.2) is 0 Å². The van der Waals surface area contributed by atoms with Crippen LogP contribution in [0.25, 0.3) is 0 Å². The molecule has 0 saturated carbocycles. The van der Waals surface area contributed by atoms with E-state index in [9.17, 15) is 14.7 Å². The molecule has 2 rings (SSSR count). The Morgan fingerprint density at radius 2 is 1.48 bits per heavy atom. The van der Waals surface area contributed by atoms with Crippen LogP contribution in [0.2, 0.25) is 0 Å². The van der Waals surface area contributed by atoms with Crippen molar-refractivity contribution in [3.8, 4) is 0 Å². The highest BCUT2D eigenvalue weighted by atomic mass is 16.5. The smallest absolute Gasteiger partial charge is 0.302 e. The lowest BCUT2D eigenvalue weighted by atomic mass is 9.79. The summed E-state index contributed by atoms with van der Waals surface area (Å²) in [6.07, 6.45) is 0.277. The van der Waals surface area contributed by atoms with E-state index in [1.807, 2.05) is 60.7 Å². The first-order valence-corrected chi connectivity index (χ1v) is 8.18. The van der Waals surface area contributed by atoms with E-state index in [-0.39, 0.29) is 18.9 Å². The van der Waals surface area contributed by atoms with Gasteiger partial charge in [0.2, 0.25) is 5.91 Å². The molecule has 0 bridgehead atoms. The predicted molar refractivity (Wildman–Crippen MR) is 94.7 cm³/mol. The summed E-state index contributed by atoms with van der Waals surface area (Å²) in [6.45, 7) is 2.82. The van der Waals surface area contributed by atoms with E-state index in [0.29, 0.717) is 11.1 Å². The molecule has 0 aliphatic heterocycles. The molecule has 1 amide bonds. The van der Waals surface area contributed by atoms with Crippen molar-refractivity contribution in [1.82, 2.24) is 5.32 Å². The molecule has 0 aliphatic rings. The maximum absolute atomic E-state index is 11.7. The summed E-state index contributed by atoms with van der Waals surface area (Å²) in [5, 5.41) is 14.5. The fraction of sp³-hybridized carbons (Fsp3) is 0.300. The second kappa shape index (κ2) is 8.44. The Labute approximate surface area is 147 Å². The Kier molecular flexibility index (Phi) is 6.31. The van der Waals surface area contributed by atoms with Gasteiger partial charge >= 0.3 is 5.97 Å². The number of hydrogen-bond donors (Lipinski definition) is 2. The summed E-state index contributed by atoms with van der Waals surface area (Å²) >= 11 is 0. The Morgan fingerprint density at radius 1 is 1.00 bits per heavy atom. The number of nitrogens with one attached hydrogen (secondary N) is 1. The molecular weight excluding hydrogens is 318 g/mol. The van der Waals surface area contributed by atoms with E-state index in [2.05, 4.69) is 5.32 Å². The third kappa shape index (κ3) is 4.67. The molecule has 5 heteroatoms. The number of carbonyl (C=O) groups is 2. The number of carbonyl (C=O) groups excluding carboxylic acids is 2. The van der Waals surface area contributed by atoms with Crippen LogP contribution in [0.15, 0.2) is 60.7 Å². The summed E-state index contributed by atoms with van der Waals surface area (Å²) in [7, 11) is 0. The van der Waals surface area contributed by atoms with E-state index in [1.165, 1.54) is 13.8 Å². The van der Waals surface area contributed by atoms with Crippen LogP contribution in [0.4, 0.5) is 0 Å². The minimum atomic E-state index is -1.45. The predicted octanol–water partition coefficient (Wildman–Crippen LogP) is 2.38. The lowest BCUT2D eigenvalue weighted by molar-refractivity contribution is -0.141. The van der Waals surface area contributed by atoms with Gasteiger partial charge in [-0.3, -0.25) is 9.59 Å². The topological polar surface area (TPSA) is 75.6 Å². The summed E-state index contributed by atoms with van der Waals surface area (Å²) < 4.78 is 5.02. The van der Waals surface area contributed by atoms with Crippen molar-refractivity contribution < 1.29 is 19.4 Å². The molecule has 0 heterocycles. The first kappa shape index (κ1) is 18.7. The van der Waals surface area contributed by atoms with Gasteiger partial charge in [0.05, 0.1) is 12.6 Å². The third-order valence-electron chi connectivity index (χ3n) is 4.02. The lowest BCUT2D eigenvalue weighted by Crippen LogP contribution is -2.51. The van der Waals surface area contributed by atoms with Gasteiger partial charge in [-0.05, 0) is 11.1 Å². The molecule has 0 radical (unpaired) electrons. The standard InChI is InChI=1S/C20H23NO4/c1-15(22)21-19(13-14-25-16(2)23)20(24,17-9-5-3-6-10-17)18-11-7-4-8-12-18/h3-12,19,24H,13-14H2,1-2H3,(H,21,22)/t19-/m0/s1. The van der Waals surface area contributed by atoms with Crippen LogP contribution >= 0.6 is 0 Å². The maximum Gasteiger partial charge on any atom is 0.302 e. The van der Waals surface area contributed by atoms with Gasteiger partial charge in [0, 0.05) is 20.3 Å². The fourth-order valence-electron chi connectivity index (χ4n) is 2.90. The highest BCUT2D eigenvalue weighted by Gasteiger charge is 2.40. The van der Waals surface area contributed by atoms with Crippen molar-refractivity contribution in [2.45, 2.75) is 31.9 Å². The van der Waals surface area contributed by atoms with Crippen molar-refractivity contribution >= 4 is 11.9 Å². The number of hydrogen-bond acceptors (Lipinski definition) is 4. The normalized spacial score (nSPS) is 12.3.